The van der Waals surface area contributed by atoms with E-state index in [4.69, 9.17) is 9.94 Å². The maximum absolute atomic E-state index is 11.2. The molecule has 0 aliphatic rings. The van der Waals surface area contributed by atoms with Gasteiger partial charge in [0.25, 0.3) is 0 Å². The second-order valence-electron chi connectivity index (χ2n) is 2.66. The van der Waals surface area contributed by atoms with E-state index < -0.39 is 5.97 Å². The van der Waals surface area contributed by atoms with Crippen LogP contribution in [0.4, 0.5) is 0 Å². The molecular formula is C9H12N2O3. The SMILES string of the molecule is CCOC(=O)C(Cc1cc[nH]c1)=NO. The third-order valence-electron chi connectivity index (χ3n) is 1.67. The van der Waals surface area contributed by atoms with Crippen LogP contribution < -0.4 is 0 Å². The van der Waals surface area contributed by atoms with E-state index in [0.29, 0.717) is 0 Å². The molecule has 0 atom stereocenters. The molecule has 1 rings (SSSR count). The molecule has 5 nitrogen and oxygen atoms in total. The van der Waals surface area contributed by atoms with Crippen molar-refractivity contribution in [1.29, 1.82) is 0 Å². The number of nitrogens with one attached hydrogen (secondary N) is 1. The fourth-order valence-electron chi connectivity index (χ4n) is 1.02. The number of esters is 1. The number of oxime groups is 1. The summed E-state index contributed by atoms with van der Waals surface area (Å²) in [6.45, 7) is 1.97. The summed E-state index contributed by atoms with van der Waals surface area (Å²) in [7, 11) is 0. The zero-order chi connectivity index (χ0) is 10.4. The van der Waals surface area contributed by atoms with Gasteiger partial charge >= 0.3 is 5.97 Å². The average Bonchev–Trinajstić information content (AvgIpc) is 2.66. The first-order chi connectivity index (χ1) is 6.77. The van der Waals surface area contributed by atoms with Crippen molar-refractivity contribution in [3.05, 3.63) is 24.0 Å². The van der Waals surface area contributed by atoms with Gasteiger partial charge in [-0.3, -0.25) is 0 Å². The van der Waals surface area contributed by atoms with Crippen molar-refractivity contribution in [2.45, 2.75) is 13.3 Å². The Morgan fingerprint density at radius 2 is 2.50 bits per heavy atom. The van der Waals surface area contributed by atoms with Gasteiger partial charge in [0.15, 0.2) is 5.71 Å². The lowest BCUT2D eigenvalue weighted by Crippen LogP contribution is -2.19. The number of nitrogens with zero attached hydrogens (tertiary/aromatic N) is 1. The van der Waals surface area contributed by atoms with E-state index >= 15 is 0 Å². The molecule has 76 valence electrons. The third kappa shape index (κ3) is 2.62. The second kappa shape index (κ2) is 5.06. The van der Waals surface area contributed by atoms with Crippen molar-refractivity contribution in [2.75, 3.05) is 6.61 Å². The first-order valence-electron chi connectivity index (χ1n) is 4.27. The second-order valence-corrected chi connectivity index (χ2v) is 2.66. The summed E-state index contributed by atoms with van der Waals surface area (Å²) in [5, 5.41) is 11.5. The molecule has 0 aliphatic heterocycles. The van der Waals surface area contributed by atoms with Crippen LogP contribution in [0.3, 0.4) is 0 Å². The van der Waals surface area contributed by atoms with Crippen LogP contribution in [0.25, 0.3) is 0 Å². The van der Waals surface area contributed by atoms with Gasteiger partial charge in [-0.1, -0.05) is 5.16 Å². The molecule has 0 radical (unpaired) electrons. The third-order valence-corrected chi connectivity index (χ3v) is 1.67. The largest absolute Gasteiger partial charge is 0.461 e. The van der Waals surface area contributed by atoms with Crippen molar-refractivity contribution >= 4 is 11.7 Å². The van der Waals surface area contributed by atoms with E-state index in [9.17, 15) is 4.79 Å². The Bertz CT molecular complexity index is 317. The van der Waals surface area contributed by atoms with Gasteiger partial charge in [-0.15, -0.1) is 0 Å². The number of hydrogen-bond donors (Lipinski definition) is 2. The summed E-state index contributed by atoms with van der Waals surface area (Å²) in [5.74, 6) is -0.587. The van der Waals surface area contributed by atoms with Gasteiger partial charge in [0.2, 0.25) is 0 Å². The minimum absolute atomic E-state index is 0.00597. The van der Waals surface area contributed by atoms with Crippen LogP contribution >= 0.6 is 0 Å². The molecule has 1 heterocycles. The van der Waals surface area contributed by atoms with Gasteiger partial charge in [0.05, 0.1) is 6.61 Å². The van der Waals surface area contributed by atoms with Crippen molar-refractivity contribution in [3.63, 3.8) is 0 Å². The highest BCUT2D eigenvalue weighted by Crippen LogP contribution is 2.00. The Balaban J connectivity index is 2.61. The molecule has 14 heavy (non-hydrogen) atoms. The number of rotatable bonds is 4. The van der Waals surface area contributed by atoms with E-state index in [1.165, 1.54) is 0 Å². The summed E-state index contributed by atoms with van der Waals surface area (Å²) in [6, 6.07) is 1.80. The van der Waals surface area contributed by atoms with Crippen LogP contribution in [0.15, 0.2) is 23.6 Å². The van der Waals surface area contributed by atoms with Gasteiger partial charge in [-0.25, -0.2) is 4.79 Å². The minimum Gasteiger partial charge on any atom is -0.461 e. The van der Waals surface area contributed by atoms with Crippen LogP contribution in [0.2, 0.25) is 0 Å². The molecule has 0 aromatic carbocycles. The smallest absolute Gasteiger partial charge is 0.356 e. The van der Waals surface area contributed by atoms with Gasteiger partial charge in [0.1, 0.15) is 0 Å². The van der Waals surface area contributed by atoms with Crippen molar-refractivity contribution in [1.82, 2.24) is 4.98 Å². The van der Waals surface area contributed by atoms with Crippen molar-refractivity contribution in [2.24, 2.45) is 5.16 Å². The maximum atomic E-state index is 11.2. The Kier molecular flexibility index (Phi) is 3.72. The van der Waals surface area contributed by atoms with E-state index in [1.54, 1.807) is 25.4 Å². The van der Waals surface area contributed by atoms with Crippen LogP contribution in [0.1, 0.15) is 12.5 Å². The molecule has 0 amide bonds. The number of carbonyl (C=O) groups excluding carboxylic acids is 1. The Morgan fingerprint density at radius 3 is 3.00 bits per heavy atom. The first kappa shape index (κ1) is 10.3. The normalized spacial score (nSPS) is 11.4. The highest BCUT2D eigenvalue weighted by atomic mass is 16.5. The summed E-state index contributed by atoms with van der Waals surface area (Å²) >= 11 is 0. The number of hydrogen-bond acceptors (Lipinski definition) is 4. The van der Waals surface area contributed by atoms with E-state index in [2.05, 4.69) is 10.1 Å². The summed E-state index contributed by atoms with van der Waals surface area (Å²) < 4.78 is 4.70. The number of carbonyl (C=O) groups is 1. The fraction of sp³-hybridized carbons (Fsp3) is 0.333. The molecular weight excluding hydrogens is 184 g/mol. The number of ether oxygens (including phenoxy) is 1. The summed E-state index contributed by atoms with van der Waals surface area (Å²) in [5.41, 5.74) is 0.873. The predicted molar refractivity (Wildman–Crippen MR) is 50.4 cm³/mol. The number of aromatic nitrogens is 1. The lowest BCUT2D eigenvalue weighted by atomic mass is 10.1. The lowest BCUT2D eigenvalue weighted by molar-refractivity contribution is -0.135. The van der Waals surface area contributed by atoms with E-state index in [0.717, 1.165) is 5.56 Å². The molecule has 1 aromatic rings. The lowest BCUT2D eigenvalue weighted by Gasteiger charge is -2.01. The molecule has 0 saturated carbocycles. The maximum Gasteiger partial charge on any atom is 0.356 e. The summed E-state index contributed by atoms with van der Waals surface area (Å²) in [4.78, 5) is 14.0. The van der Waals surface area contributed by atoms with Crippen LogP contribution in [-0.2, 0) is 16.0 Å². The van der Waals surface area contributed by atoms with E-state index in [-0.39, 0.29) is 18.7 Å². The Labute approximate surface area is 81.4 Å². The fourth-order valence-corrected chi connectivity index (χ4v) is 1.02. The zero-order valence-corrected chi connectivity index (χ0v) is 7.86. The minimum atomic E-state index is -0.587. The van der Waals surface area contributed by atoms with Crippen LogP contribution in [-0.4, -0.2) is 28.5 Å². The van der Waals surface area contributed by atoms with Crippen LogP contribution in [0.5, 0.6) is 0 Å². The topological polar surface area (TPSA) is 74.7 Å². The Morgan fingerprint density at radius 1 is 1.71 bits per heavy atom. The molecule has 0 aliphatic carbocycles. The van der Waals surface area contributed by atoms with Crippen molar-refractivity contribution < 1.29 is 14.7 Å². The number of H-pyrrole nitrogens is 1. The number of aromatic amines is 1. The zero-order valence-electron chi connectivity index (χ0n) is 7.86. The monoisotopic (exact) mass is 196 g/mol. The predicted octanol–water partition coefficient (Wildman–Crippen LogP) is 0.950. The Hall–Kier alpha value is -1.78. The van der Waals surface area contributed by atoms with E-state index in [1.807, 2.05) is 0 Å². The molecule has 0 unspecified atom stereocenters. The molecule has 5 heteroatoms. The standard InChI is InChI=1S/C9H12N2O3/c1-2-14-9(12)8(11-13)5-7-3-4-10-6-7/h3-4,6,10,13H,2,5H2,1H3. The van der Waals surface area contributed by atoms with Crippen molar-refractivity contribution in [3.8, 4) is 0 Å². The average molecular weight is 196 g/mol. The molecule has 0 saturated heterocycles. The van der Waals surface area contributed by atoms with Gasteiger partial charge in [0, 0.05) is 18.8 Å². The molecule has 1 aromatic heterocycles. The molecule has 0 bridgehead atoms. The van der Waals surface area contributed by atoms with Gasteiger partial charge in [-0.2, -0.15) is 0 Å². The highest BCUT2D eigenvalue weighted by molar-refractivity contribution is 6.36. The van der Waals surface area contributed by atoms with Crippen LogP contribution in [0, 0.1) is 0 Å². The summed E-state index contributed by atoms with van der Waals surface area (Å²) in [6.07, 6.45) is 3.72. The van der Waals surface area contributed by atoms with Gasteiger partial charge < -0.3 is 14.9 Å². The highest BCUT2D eigenvalue weighted by Gasteiger charge is 2.13. The quantitative estimate of drug-likeness (QED) is 0.326. The van der Waals surface area contributed by atoms with Gasteiger partial charge in [-0.05, 0) is 18.6 Å². The molecule has 0 spiro atoms. The molecule has 2 N–H and O–H groups in total. The first-order valence-corrected chi connectivity index (χ1v) is 4.27. The molecule has 0 fully saturated rings.